The highest BCUT2D eigenvalue weighted by Gasteiger charge is 2.38. The largest absolute Gasteiger partial charge is 0.480 e. The molecule has 3 rings (SSSR count). The minimum absolute atomic E-state index is 0.0239. The molecule has 2 aliphatic rings. The fourth-order valence-corrected chi connectivity index (χ4v) is 10.9. The van der Waals surface area contributed by atoms with Gasteiger partial charge in [-0.25, -0.2) is 4.79 Å². The van der Waals surface area contributed by atoms with E-state index in [0.29, 0.717) is 68.1 Å². The van der Waals surface area contributed by atoms with Gasteiger partial charge in [-0.3, -0.25) is 58.6 Å². The number of thioether (sulfide) groups is 2. The first-order valence-corrected chi connectivity index (χ1v) is 29.7. The number of carboxylic acid groups (broad SMARTS) is 4. The Labute approximate surface area is 467 Å². The van der Waals surface area contributed by atoms with Crippen molar-refractivity contribution >= 4 is 99.9 Å². The minimum Gasteiger partial charge on any atom is -0.480 e. The van der Waals surface area contributed by atoms with Crippen LogP contribution in [0.5, 0.6) is 0 Å². The second kappa shape index (κ2) is 36.2. The number of amides is 4. The van der Waals surface area contributed by atoms with E-state index in [1.807, 2.05) is 18.4 Å². The lowest BCUT2D eigenvalue weighted by molar-refractivity contribution is -0.143. The summed E-state index contributed by atoms with van der Waals surface area (Å²) < 4.78 is 0. The Morgan fingerprint density at radius 1 is 0.753 bits per heavy atom. The normalized spacial score (nSPS) is 17.9. The molecule has 2 heterocycles. The molecule has 0 aromatic heterocycles. The van der Waals surface area contributed by atoms with Crippen molar-refractivity contribution in [2.45, 2.75) is 140 Å². The van der Waals surface area contributed by atoms with Crippen molar-refractivity contribution in [3.8, 4) is 0 Å². The van der Waals surface area contributed by atoms with E-state index in [9.17, 15) is 58.8 Å². The monoisotopic (exact) mass is 1140 g/mol. The highest BCUT2D eigenvalue weighted by atomic mass is 32.2. The third-order valence-corrected chi connectivity index (χ3v) is 15.5. The molecule has 432 valence electrons. The van der Waals surface area contributed by atoms with Crippen molar-refractivity contribution < 1.29 is 58.8 Å². The average molecular weight is 1140 g/mol. The maximum atomic E-state index is 13.9. The van der Waals surface area contributed by atoms with Gasteiger partial charge < -0.3 is 47.0 Å². The Balaban J connectivity index is 1.53. The molecule has 1 aromatic rings. The highest BCUT2D eigenvalue weighted by Crippen LogP contribution is 2.27. The molecule has 5 unspecified atom stereocenters. The van der Waals surface area contributed by atoms with Gasteiger partial charge in [-0.15, -0.1) is 11.8 Å². The van der Waals surface area contributed by atoms with E-state index >= 15 is 0 Å². The summed E-state index contributed by atoms with van der Waals surface area (Å²) in [5, 5.41) is 61.4. The molecule has 0 saturated carbocycles. The SMILES string of the molecule is CCCCCCCCNC(=N)CCCSC1CC(=O)N(CCCCC(NC(=O)C(NC(=O)C(CCSC)NC(=S)Nc2ccc(CC3CN(CC(=O)O)CCN(CC(=O)O)CCN3CC(=O)O)cc2)C(C)C)C(=O)O)C1=O. The smallest absolute Gasteiger partial charge is 0.326 e. The fraction of sp³-hybridized carbons (Fsp3) is 0.692. The summed E-state index contributed by atoms with van der Waals surface area (Å²) >= 11 is 8.55. The van der Waals surface area contributed by atoms with Crippen LogP contribution in [0.3, 0.4) is 0 Å². The van der Waals surface area contributed by atoms with E-state index < -0.39 is 71.0 Å². The molecule has 10 N–H and O–H groups in total. The number of unbranched alkanes of at least 4 members (excludes halogenated alkanes) is 6. The molecule has 25 heteroatoms. The van der Waals surface area contributed by atoms with Crippen LogP contribution in [0.25, 0.3) is 0 Å². The Hall–Kier alpha value is -5.08. The second-order valence-corrected chi connectivity index (χ2v) is 22.7. The van der Waals surface area contributed by atoms with Crippen LogP contribution in [0.1, 0.15) is 110 Å². The van der Waals surface area contributed by atoms with E-state index in [-0.39, 0.29) is 82.1 Å². The number of rotatable bonds is 36. The van der Waals surface area contributed by atoms with E-state index in [1.54, 1.807) is 40.7 Å². The minimum atomic E-state index is -1.30. The zero-order valence-corrected chi connectivity index (χ0v) is 47.7. The number of hydrogen-bond donors (Lipinski definition) is 10. The third-order valence-electron chi connectivity index (χ3n) is 13.3. The number of likely N-dealkylation sites (tertiary alicyclic amines) is 1. The molecule has 5 atom stereocenters. The number of imide groups is 1. The maximum Gasteiger partial charge on any atom is 0.326 e. The van der Waals surface area contributed by atoms with Gasteiger partial charge in [0.2, 0.25) is 23.6 Å². The summed E-state index contributed by atoms with van der Waals surface area (Å²) in [7, 11) is 0. The van der Waals surface area contributed by atoms with E-state index in [4.69, 9.17) is 17.6 Å². The number of carbonyl (C=O) groups excluding carboxylic acids is 4. The Morgan fingerprint density at radius 3 is 2.05 bits per heavy atom. The number of benzene rings is 1. The summed E-state index contributed by atoms with van der Waals surface area (Å²) in [5.74, 6) is -4.97. The predicted octanol–water partition coefficient (Wildman–Crippen LogP) is 3.63. The molecule has 1 aromatic carbocycles. The predicted molar refractivity (Wildman–Crippen MR) is 304 cm³/mol. The average Bonchev–Trinajstić information content (AvgIpc) is 3.66. The standard InChI is InChI=1S/C52H84N10O12S3/c1-5-6-7-8-9-11-21-54-42(53)15-13-27-77-41-30-43(63)62(50(41)72)22-12-10-14-40(51(73)74)56-49(71)47(35(2)3)58-48(70)39(20-28-76-4)57-52(75)55-37-18-16-36(17-19-37)29-38-31-60(33-45(66)67)24-23-59(32-44(64)65)25-26-61(38)34-46(68)69/h16-19,35,38-41,47H,5-15,20-34H2,1-4H3,(H2,53,54)(H,56,71)(H,58,70)(H,64,65)(H,66,67)(H,68,69)(H,73,74)(H2,55,57,75). The van der Waals surface area contributed by atoms with Crippen LogP contribution < -0.4 is 26.6 Å². The molecule has 77 heavy (non-hydrogen) atoms. The van der Waals surface area contributed by atoms with Gasteiger partial charge in [0.05, 0.1) is 30.7 Å². The molecule has 4 amide bonds. The Morgan fingerprint density at radius 2 is 1.40 bits per heavy atom. The van der Waals surface area contributed by atoms with Crippen molar-refractivity contribution in [1.82, 2.24) is 40.9 Å². The third kappa shape index (κ3) is 26.0. The van der Waals surface area contributed by atoms with Crippen molar-refractivity contribution in [3.05, 3.63) is 29.8 Å². The molecule has 0 aliphatic carbocycles. The summed E-state index contributed by atoms with van der Waals surface area (Å²) in [6.45, 7) is 7.00. The van der Waals surface area contributed by atoms with Gasteiger partial charge >= 0.3 is 23.9 Å². The van der Waals surface area contributed by atoms with Crippen LogP contribution in [0.4, 0.5) is 5.69 Å². The molecule has 0 radical (unpaired) electrons. The summed E-state index contributed by atoms with van der Waals surface area (Å²) in [6.07, 6.45) is 11.7. The number of carbonyl (C=O) groups is 8. The van der Waals surface area contributed by atoms with Gasteiger partial charge in [0.25, 0.3) is 0 Å². The van der Waals surface area contributed by atoms with Crippen LogP contribution in [0.2, 0.25) is 0 Å². The quantitative estimate of drug-likeness (QED) is 0.0151. The molecular formula is C52H84N10O12S3. The van der Waals surface area contributed by atoms with Gasteiger partial charge in [-0.05, 0) is 98.5 Å². The lowest BCUT2D eigenvalue weighted by Crippen LogP contribution is -2.57. The molecule has 22 nitrogen and oxygen atoms in total. The summed E-state index contributed by atoms with van der Waals surface area (Å²) in [4.78, 5) is 107. The van der Waals surface area contributed by atoms with Crippen molar-refractivity contribution in [2.75, 3.05) is 88.5 Å². The fourth-order valence-electron chi connectivity index (χ4n) is 9.09. The molecule has 2 saturated heterocycles. The van der Waals surface area contributed by atoms with Gasteiger partial charge in [0.1, 0.15) is 18.1 Å². The number of anilines is 1. The zero-order valence-electron chi connectivity index (χ0n) is 45.2. The van der Waals surface area contributed by atoms with Crippen molar-refractivity contribution in [3.63, 3.8) is 0 Å². The molecular weight excluding hydrogens is 1050 g/mol. The van der Waals surface area contributed by atoms with E-state index in [1.165, 1.54) is 54.1 Å². The lowest BCUT2D eigenvalue weighted by atomic mass is 10.0. The number of aliphatic carboxylic acids is 4. The van der Waals surface area contributed by atoms with Gasteiger partial charge in [-0.2, -0.15) is 11.8 Å². The summed E-state index contributed by atoms with van der Waals surface area (Å²) in [6, 6.07) is 3.44. The first-order valence-electron chi connectivity index (χ1n) is 26.8. The molecule has 0 spiro atoms. The van der Waals surface area contributed by atoms with E-state index in [2.05, 4.69) is 33.5 Å². The number of nitrogens with one attached hydrogen (secondary N) is 6. The van der Waals surface area contributed by atoms with Gasteiger partial charge in [0.15, 0.2) is 5.11 Å². The highest BCUT2D eigenvalue weighted by molar-refractivity contribution is 8.00. The van der Waals surface area contributed by atoms with Crippen molar-refractivity contribution in [2.24, 2.45) is 5.92 Å². The lowest BCUT2D eigenvalue weighted by Gasteiger charge is -2.33. The van der Waals surface area contributed by atoms with Crippen LogP contribution >= 0.6 is 35.7 Å². The number of thiocarbonyl (C=S) groups is 1. The van der Waals surface area contributed by atoms with Gasteiger partial charge in [0, 0.05) is 70.4 Å². The maximum absolute atomic E-state index is 13.9. The number of carboxylic acids is 4. The van der Waals surface area contributed by atoms with Gasteiger partial charge in [-0.1, -0.05) is 65.0 Å². The van der Waals surface area contributed by atoms with E-state index in [0.717, 1.165) is 24.9 Å². The molecule has 2 aliphatic heterocycles. The first-order chi connectivity index (χ1) is 36.7. The Kier molecular flexibility index (Phi) is 31.1. The van der Waals surface area contributed by atoms with Crippen molar-refractivity contribution in [1.29, 1.82) is 5.41 Å². The summed E-state index contributed by atoms with van der Waals surface area (Å²) in [5.41, 5.74) is 1.38. The first kappa shape index (κ1) is 66.2. The topological polar surface area (TPSA) is 314 Å². The number of amidine groups is 1. The van der Waals surface area contributed by atoms with Crippen LogP contribution in [0, 0.1) is 11.3 Å². The number of hydrogen-bond acceptors (Lipinski definition) is 15. The molecule has 0 bridgehead atoms. The zero-order chi connectivity index (χ0) is 56.9. The van der Waals surface area contributed by atoms with Crippen LogP contribution in [-0.2, 0) is 44.8 Å². The molecule has 2 fully saturated rings. The van der Waals surface area contributed by atoms with Crippen LogP contribution in [-0.4, -0.2) is 211 Å². The second-order valence-electron chi connectivity index (χ2n) is 20.0. The number of nitrogens with zero attached hydrogens (tertiary/aromatic N) is 4. The van der Waals surface area contributed by atoms with Crippen LogP contribution in [0.15, 0.2) is 24.3 Å². The Bertz CT molecular complexity index is 2110.